The Bertz CT molecular complexity index is 697. The van der Waals surface area contributed by atoms with Crippen LogP contribution < -0.4 is 10.2 Å². The minimum Gasteiger partial charge on any atom is -0.378 e. The molecule has 0 aromatic heterocycles. The highest BCUT2D eigenvalue weighted by Gasteiger charge is 2.28. The van der Waals surface area contributed by atoms with Gasteiger partial charge in [0.1, 0.15) is 0 Å². The van der Waals surface area contributed by atoms with Crippen LogP contribution in [0.25, 0.3) is 0 Å². The van der Waals surface area contributed by atoms with Crippen LogP contribution in [-0.2, 0) is 14.3 Å². The number of morpholine rings is 1. The average Bonchev–Trinajstić information content (AvgIpc) is 2.79. The molecule has 2 aliphatic rings. The van der Waals surface area contributed by atoms with Crippen molar-refractivity contribution in [3.8, 4) is 0 Å². The molecular weight excluding hydrogens is 380 g/mol. The van der Waals surface area contributed by atoms with Gasteiger partial charge in [-0.15, -0.1) is 0 Å². The summed E-state index contributed by atoms with van der Waals surface area (Å²) >= 11 is 0. The predicted molar refractivity (Wildman–Crippen MR) is 120 cm³/mol. The zero-order chi connectivity index (χ0) is 21.5. The molecule has 1 atom stereocenters. The predicted octanol–water partition coefficient (Wildman–Crippen LogP) is 2.57. The highest BCUT2D eigenvalue weighted by atomic mass is 16.5. The van der Waals surface area contributed by atoms with Crippen LogP contribution in [0.2, 0.25) is 0 Å². The lowest BCUT2D eigenvalue weighted by Gasteiger charge is -2.35. The summed E-state index contributed by atoms with van der Waals surface area (Å²) in [6.07, 6.45) is 5.82. The molecule has 1 aromatic carbocycles. The van der Waals surface area contributed by atoms with E-state index in [1.54, 1.807) is 0 Å². The molecule has 0 radical (unpaired) electrons. The standard InChI is InChI=1S/C23H36N4O3/c1-18(23(29)26(3)20-7-5-4-6-8-20)25(2)17-22(28)24-19-9-11-21(12-10-19)27-13-15-30-16-14-27/h9-12,18,20H,4-8,13-17H2,1-3H3,(H,24,28)/t18-/m1/s1. The number of anilines is 2. The molecule has 1 aliphatic carbocycles. The lowest BCUT2D eigenvalue weighted by molar-refractivity contribution is -0.137. The summed E-state index contributed by atoms with van der Waals surface area (Å²) < 4.78 is 5.39. The lowest BCUT2D eigenvalue weighted by Crippen LogP contribution is -2.49. The quantitative estimate of drug-likeness (QED) is 0.740. The van der Waals surface area contributed by atoms with E-state index in [4.69, 9.17) is 4.74 Å². The van der Waals surface area contributed by atoms with Crippen LogP contribution >= 0.6 is 0 Å². The van der Waals surface area contributed by atoms with Gasteiger partial charge in [-0.3, -0.25) is 14.5 Å². The maximum Gasteiger partial charge on any atom is 0.239 e. The molecule has 3 rings (SSSR count). The number of carbonyl (C=O) groups excluding carboxylic acids is 2. The lowest BCUT2D eigenvalue weighted by atomic mass is 9.94. The SMILES string of the molecule is C[C@H](C(=O)N(C)C1CCCCC1)N(C)CC(=O)Nc1ccc(N2CCOCC2)cc1. The topological polar surface area (TPSA) is 65.1 Å². The zero-order valence-electron chi connectivity index (χ0n) is 18.6. The molecule has 1 saturated heterocycles. The number of likely N-dealkylation sites (N-methyl/N-ethyl adjacent to an activating group) is 2. The van der Waals surface area contributed by atoms with Crippen LogP contribution in [0, 0.1) is 0 Å². The van der Waals surface area contributed by atoms with E-state index in [-0.39, 0.29) is 24.4 Å². The molecular formula is C23H36N4O3. The molecule has 7 nitrogen and oxygen atoms in total. The smallest absolute Gasteiger partial charge is 0.239 e. The van der Waals surface area contributed by atoms with Crippen LogP contribution in [0.5, 0.6) is 0 Å². The Balaban J connectivity index is 1.47. The number of nitrogens with zero attached hydrogens (tertiary/aromatic N) is 3. The molecule has 1 heterocycles. The second-order valence-corrected chi connectivity index (χ2v) is 8.53. The van der Waals surface area contributed by atoms with Gasteiger partial charge in [0.15, 0.2) is 0 Å². The van der Waals surface area contributed by atoms with Gasteiger partial charge in [-0.2, -0.15) is 0 Å². The highest BCUT2D eigenvalue weighted by Crippen LogP contribution is 2.23. The van der Waals surface area contributed by atoms with Crippen LogP contribution in [0.3, 0.4) is 0 Å². The summed E-state index contributed by atoms with van der Waals surface area (Å²) in [5.74, 6) is -0.0244. The van der Waals surface area contributed by atoms with Crippen molar-refractivity contribution in [1.29, 1.82) is 0 Å². The first-order valence-electron chi connectivity index (χ1n) is 11.1. The van der Waals surface area contributed by atoms with Gasteiger partial charge in [0, 0.05) is 37.6 Å². The number of hydrogen-bond donors (Lipinski definition) is 1. The molecule has 0 spiro atoms. The summed E-state index contributed by atoms with van der Waals surface area (Å²) in [6.45, 7) is 5.33. The largest absolute Gasteiger partial charge is 0.378 e. The third-order valence-corrected chi connectivity index (χ3v) is 6.41. The molecule has 0 bridgehead atoms. The second-order valence-electron chi connectivity index (χ2n) is 8.53. The van der Waals surface area contributed by atoms with Gasteiger partial charge in [-0.25, -0.2) is 0 Å². The van der Waals surface area contributed by atoms with E-state index in [1.165, 1.54) is 19.3 Å². The molecule has 1 N–H and O–H groups in total. The summed E-state index contributed by atoms with van der Waals surface area (Å²) in [7, 11) is 3.73. The van der Waals surface area contributed by atoms with E-state index in [0.29, 0.717) is 6.04 Å². The number of carbonyl (C=O) groups is 2. The Morgan fingerprint density at radius 3 is 2.37 bits per heavy atom. The molecule has 7 heteroatoms. The van der Waals surface area contributed by atoms with E-state index >= 15 is 0 Å². The van der Waals surface area contributed by atoms with Gasteiger partial charge in [-0.1, -0.05) is 19.3 Å². The molecule has 0 unspecified atom stereocenters. The van der Waals surface area contributed by atoms with Crippen molar-refractivity contribution in [1.82, 2.24) is 9.80 Å². The number of ether oxygens (including phenoxy) is 1. The summed E-state index contributed by atoms with van der Waals surface area (Å²) in [6, 6.07) is 7.90. The van der Waals surface area contributed by atoms with Crippen molar-refractivity contribution in [2.45, 2.75) is 51.1 Å². The van der Waals surface area contributed by atoms with Crippen molar-refractivity contribution in [3.05, 3.63) is 24.3 Å². The first-order chi connectivity index (χ1) is 14.5. The maximum absolute atomic E-state index is 12.9. The Morgan fingerprint density at radius 1 is 1.10 bits per heavy atom. The third-order valence-electron chi connectivity index (χ3n) is 6.41. The van der Waals surface area contributed by atoms with Crippen LogP contribution in [0.4, 0.5) is 11.4 Å². The number of rotatable bonds is 7. The zero-order valence-corrected chi connectivity index (χ0v) is 18.6. The summed E-state index contributed by atoms with van der Waals surface area (Å²) in [5.41, 5.74) is 1.90. The minimum absolute atomic E-state index is 0.0899. The van der Waals surface area contributed by atoms with Crippen molar-refractivity contribution < 1.29 is 14.3 Å². The summed E-state index contributed by atoms with van der Waals surface area (Å²) in [4.78, 5) is 31.3. The molecule has 1 saturated carbocycles. The fourth-order valence-corrected chi connectivity index (χ4v) is 4.27. The van der Waals surface area contributed by atoms with E-state index in [0.717, 1.165) is 50.5 Å². The van der Waals surface area contributed by atoms with Gasteiger partial charge in [0.05, 0.1) is 25.8 Å². The first kappa shape index (κ1) is 22.6. The molecule has 166 valence electrons. The van der Waals surface area contributed by atoms with Crippen LogP contribution in [-0.4, -0.2) is 80.6 Å². The minimum atomic E-state index is -0.327. The fourth-order valence-electron chi connectivity index (χ4n) is 4.27. The van der Waals surface area contributed by atoms with Crippen LogP contribution in [0.15, 0.2) is 24.3 Å². The van der Waals surface area contributed by atoms with Gasteiger partial charge in [0.25, 0.3) is 0 Å². The van der Waals surface area contributed by atoms with Gasteiger partial charge < -0.3 is 19.9 Å². The van der Waals surface area contributed by atoms with Crippen molar-refractivity contribution in [3.63, 3.8) is 0 Å². The van der Waals surface area contributed by atoms with Crippen molar-refractivity contribution in [2.24, 2.45) is 0 Å². The maximum atomic E-state index is 12.9. The number of nitrogens with one attached hydrogen (secondary N) is 1. The van der Waals surface area contributed by atoms with Crippen molar-refractivity contribution in [2.75, 3.05) is 57.2 Å². The normalized spacial score (nSPS) is 18.9. The Labute approximate surface area is 180 Å². The van der Waals surface area contributed by atoms with Gasteiger partial charge >= 0.3 is 0 Å². The van der Waals surface area contributed by atoms with Gasteiger partial charge in [-0.05, 0) is 51.1 Å². The molecule has 2 amide bonds. The second kappa shape index (κ2) is 10.8. The number of hydrogen-bond acceptors (Lipinski definition) is 5. The Hall–Kier alpha value is -2.12. The molecule has 2 fully saturated rings. The first-order valence-corrected chi connectivity index (χ1v) is 11.1. The van der Waals surface area contributed by atoms with E-state index < -0.39 is 0 Å². The molecule has 1 aliphatic heterocycles. The van der Waals surface area contributed by atoms with Gasteiger partial charge in [0.2, 0.25) is 11.8 Å². The van der Waals surface area contributed by atoms with Crippen molar-refractivity contribution >= 4 is 23.2 Å². The van der Waals surface area contributed by atoms with E-state index in [9.17, 15) is 9.59 Å². The fraction of sp³-hybridized carbons (Fsp3) is 0.652. The van der Waals surface area contributed by atoms with E-state index in [2.05, 4.69) is 10.2 Å². The Kier molecular flexibility index (Phi) is 8.10. The van der Waals surface area contributed by atoms with E-state index in [1.807, 2.05) is 55.1 Å². The molecule has 1 aromatic rings. The molecule has 30 heavy (non-hydrogen) atoms. The summed E-state index contributed by atoms with van der Waals surface area (Å²) in [5, 5.41) is 2.94. The average molecular weight is 417 g/mol. The monoisotopic (exact) mass is 416 g/mol. The third kappa shape index (κ3) is 5.95. The number of benzene rings is 1. The number of amides is 2. The van der Waals surface area contributed by atoms with Crippen LogP contribution in [0.1, 0.15) is 39.0 Å². The Morgan fingerprint density at radius 2 is 1.73 bits per heavy atom. The highest BCUT2D eigenvalue weighted by molar-refractivity contribution is 5.93.